The van der Waals surface area contributed by atoms with Crippen molar-refractivity contribution in [2.45, 2.75) is 19.8 Å². The SMILES string of the molecule is Cc1cc(Cl)ccc1NC(=O)CCc1ccc2c(c1)OCO2. The number of rotatable bonds is 4. The summed E-state index contributed by atoms with van der Waals surface area (Å²) in [7, 11) is 0. The Balaban J connectivity index is 1.58. The highest BCUT2D eigenvalue weighted by Crippen LogP contribution is 2.32. The molecule has 0 saturated heterocycles. The van der Waals surface area contributed by atoms with E-state index in [1.54, 1.807) is 6.07 Å². The third-order valence-electron chi connectivity index (χ3n) is 3.54. The van der Waals surface area contributed by atoms with Gasteiger partial charge >= 0.3 is 0 Å². The van der Waals surface area contributed by atoms with Crippen molar-refractivity contribution in [1.82, 2.24) is 0 Å². The van der Waals surface area contributed by atoms with Crippen molar-refractivity contribution in [1.29, 1.82) is 0 Å². The Morgan fingerprint density at radius 1 is 1.18 bits per heavy atom. The van der Waals surface area contributed by atoms with Gasteiger partial charge in [0.05, 0.1) is 0 Å². The first-order valence-electron chi connectivity index (χ1n) is 7.06. The van der Waals surface area contributed by atoms with Gasteiger partial charge in [-0.1, -0.05) is 17.7 Å². The molecule has 1 aliphatic heterocycles. The Kier molecular flexibility index (Phi) is 4.20. The second kappa shape index (κ2) is 6.28. The molecule has 114 valence electrons. The molecule has 1 aliphatic rings. The molecule has 3 rings (SSSR count). The molecule has 0 atom stereocenters. The van der Waals surface area contributed by atoms with Crippen LogP contribution in [0.25, 0.3) is 0 Å². The molecule has 0 aliphatic carbocycles. The van der Waals surface area contributed by atoms with Gasteiger partial charge in [0.1, 0.15) is 0 Å². The molecule has 0 unspecified atom stereocenters. The van der Waals surface area contributed by atoms with E-state index in [0.29, 0.717) is 17.9 Å². The summed E-state index contributed by atoms with van der Waals surface area (Å²) in [5, 5.41) is 3.57. The van der Waals surface area contributed by atoms with E-state index in [4.69, 9.17) is 21.1 Å². The number of carbonyl (C=O) groups excluding carboxylic acids is 1. The molecule has 5 heteroatoms. The number of anilines is 1. The van der Waals surface area contributed by atoms with Crippen LogP contribution in [0.3, 0.4) is 0 Å². The largest absolute Gasteiger partial charge is 0.454 e. The maximum Gasteiger partial charge on any atom is 0.231 e. The summed E-state index contributed by atoms with van der Waals surface area (Å²) >= 11 is 5.91. The number of ether oxygens (including phenoxy) is 2. The molecule has 1 amide bonds. The van der Waals surface area contributed by atoms with Gasteiger partial charge in [0.2, 0.25) is 12.7 Å². The van der Waals surface area contributed by atoms with Crippen LogP contribution in [-0.4, -0.2) is 12.7 Å². The maximum absolute atomic E-state index is 12.1. The van der Waals surface area contributed by atoms with Crippen LogP contribution >= 0.6 is 11.6 Å². The molecule has 0 bridgehead atoms. The lowest BCUT2D eigenvalue weighted by molar-refractivity contribution is -0.116. The minimum atomic E-state index is -0.0249. The van der Waals surface area contributed by atoms with Crippen molar-refractivity contribution < 1.29 is 14.3 Å². The number of halogens is 1. The molecular formula is C17H16ClNO3. The second-order valence-electron chi connectivity index (χ2n) is 5.20. The molecule has 2 aromatic carbocycles. The summed E-state index contributed by atoms with van der Waals surface area (Å²) in [4.78, 5) is 12.1. The highest BCUT2D eigenvalue weighted by molar-refractivity contribution is 6.30. The number of fused-ring (bicyclic) bond motifs is 1. The molecule has 0 radical (unpaired) electrons. The van der Waals surface area contributed by atoms with Crippen LogP contribution in [0.2, 0.25) is 5.02 Å². The van der Waals surface area contributed by atoms with E-state index in [2.05, 4.69) is 5.32 Å². The van der Waals surface area contributed by atoms with Gasteiger partial charge < -0.3 is 14.8 Å². The van der Waals surface area contributed by atoms with Gasteiger partial charge in [-0.25, -0.2) is 0 Å². The molecule has 4 nitrogen and oxygen atoms in total. The minimum Gasteiger partial charge on any atom is -0.454 e. The van der Waals surface area contributed by atoms with E-state index in [-0.39, 0.29) is 12.7 Å². The van der Waals surface area contributed by atoms with E-state index in [9.17, 15) is 4.79 Å². The van der Waals surface area contributed by atoms with Gasteiger partial charge in [0.25, 0.3) is 0 Å². The number of nitrogens with one attached hydrogen (secondary N) is 1. The maximum atomic E-state index is 12.1. The van der Waals surface area contributed by atoms with E-state index < -0.39 is 0 Å². The molecule has 0 spiro atoms. The van der Waals surface area contributed by atoms with Gasteiger partial charge in [-0.3, -0.25) is 4.79 Å². The van der Waals surface area contributed by atoms with E-state index in [1.165, 1.54) is 0 Å². The average molecular weight is 318 g/mol. The summed E-state index contributed by atoms with van der Waals surface area (Å²) in [6.07, 6.45) is 1.05. The average Bonchev–Trinajstić information content (AvgIpc) is 2.95. The van der Waals surface area contributed by atoms with Crippen LogP contribution in [0.4, 0.5) is 5.69 Å². The summed E-state index contributed by atoms with van der Waals surface area (Å²) in [5.74, 6) is 1.47. The van der Waals surface area contributed by atoms with Crippen LogP contribution in [-0.2, 0) is 11.2 Å². The van der Waals surface area contributed by atoms with Crippen LogP contribution in [0.1, 0.15) is 17.5 Å². The third-order valence-corrected chi connectivity index (χ3v) is 3.78. The highest BCUT2D eigenvalue weighted by Gasteiger charge is 2.13. The Bertz CT molecular complexity index is 715. The molecule has 0 saturated carbocycles. The quantitative estimate of drug-likeness (QED) is 0.929. The molecule has 1 N–H and O–H groups in total. The van der Waals surface area contributed by atoms with Gasteiger partial charge in [-0.05, 0) is 54.8 Å². The van der Waals surface area contributed by atoms with Crippen molar-refractivity contribution in [2.24, 2.45) is 0 Å². The van der Waals surface area contributed by atoms with Gasteiger partial charge in [0, 0.05) is 17.1 Å². The lowest BCUT2D eigenvalue weighted by Crippen LogP contribution is -2.13. The number of amides is 1. The predicted octanol–water partition coefficient (Wildman–Crippen LogP) is 3.95. The fraction of sp³-hybridized carbons (Fsp3) is 0.235. The zero-order valence-electron chi connectivity index (χ0n) is 12.2. The Morgan fingerprint density at radius 2 is 2.00 bits per heavy atom. The van der Waals surface area contributed by atoms with Crippen molar-refractivity contribution in [3.05, 3.63) is 52.5 Å². The zero-order chi connectivity index (χ0) is 15.5. The van der Waals surface area contributed by atoms with Gasteiger partial charge in [-0.15, -0.1) is 0 Å². The smallest absolute Gasteiger partial charge is 0.231 e. The normalized spacial score (nSPS) is 12.3. The Labute approximate surface area is 134 Å². The number of hydrogen-bond donors (Lipinski definition) is 1. The molecule has 22 heavy (non-hydrogen) atoms. The summed E-state index contributed by atoms with van der Waals surface area (Å²) in [6, 6.07) is 11.2. The van der Waals surface area contributed by atoms with Crippen LogP contribution in [0.5, 0.6) is 11.5 Å². The van der Waals surface area contributed by atoms with Crippen LogP contribution < -0.4 is 14.8 Å². The van der Waals surface area contributed by atoms with E-state index in [0.717, 1.165) is 28.3 Å². The number of carbonyl (C=O) groups is 1. The molecular weight excluding hydrogens is 302 g/mol. The minimum absolute atomic E-state index is 0.0249. The molecule has 0 aromatic heterocycles. The summed E-state index contributed by atoms with van der Waals surface area (Å²) in [6.45, 7) is 2.18. The second-order valence-corrected chi connectivity index (χ2v) is 5.63. The van der Waals surface area contributed by atoms with Crippen LogP contribution in [0.15, 0.2) is 36.4 Å². The summed E-state index contributed by atoms with van der Waals surface area (Å²) < 4.78 is 10.6. The first-order valence-corrected chi connectivity index (χ1v) is 7.44. The lowest BCUT2D eigenvalue weighted by atomic mass is 10.1. The summed E-state index contributed by atoms with van der Waals surface area (Å²) in [5.41, 5.74) is 2.79. The Hall–Kier alpha value is -2.20. The highest BCUT2D eigenvalue weighted by atomic mass is 35.5. The predicted molar refractivity (Wildman–Crippen MR) is 85.7 cm³/mol. The molecule has 2 aromatic rings. The van der Waals surface area contributed by atoms with E-state index in [1.807, 2.05) is 37.3 Å². The monoisotopic (exact) mass is 317 g/mol. The van der Waals surface area contributed by atoms with Crippen molar-refractivity contribution >= 4 is 23.2 Å². The van der Waals surface area contributed by atoms with Gasteiger partial charge in [-0.2, -0.15) is 0 Å². The third kappa shape index (κ3) is 3.34. The zero-order valence-corrected chi connectivity index (χ0v) is 12.9. The Morgan fingerprint density at radius 3 is 2.82 bits per heavy atom. The fourth-order valence-electron chi connectivity index (χ4n) is 2.33. The van der Waals surface area contributed by atoms with Gasteiger partial charge in [0.15, 0.2) is 11.5 Å². The number of hydrogen-bond acceptors (Lipinski definition) is 3. The topological polar surface area (TPSA) is 47.6 Å². The van der Waals surface area contributed by atoms with Crippen molar-refractivity contribution in [3.8, 4) is 11.5 Å². The standard InChI is InChI=1S/C17H16ClNO3/c1-11-8-13(18)4-5-14(11)19-17(20)7-3-12-2-6-15-16(9-12)22-10-21-15/h2,4-6,8-9H,3,7,10H2,1H3,(H,19,20). The first kappa shape index (κ1) is 14.7. The fourth-order valence-corrected chi connectivity index (χ4v) is 2.56. The van der Waals surface area contributed by atoms with Crippen LogP contribution in [0, 0.1) is 6.92 Å². The molecule has 1 heterocycles. The number of aryl methyl sites for hydroxylation is 2. The molecule has 0 fully saturated rings. The first-order chi connectivity index (χ1) is 10.6. The van der Waals surface area contributed by atoms with Crippen molar-refractivity contribution in [3.63, 3.8) is 0 Å². The van der Waals surface area contributed by atoms with E-state index >= 15 is 0 Å². The lowest BCUT2D eigenvalue weighted by Gasteiger charge is -2.09. The van der Waals surface area contributed by atoms with Crippen molar-refractivity contribution in [2.75, 3.05) is 12.1 Å². The number of benzene rings is 2.